The molecule has 0 bridgehead atoms. The van der Waals surface area contributed by atoms with Crippen molar-refractivity contribution in [2.24, 2.45) is 10.9 Å². The zero-order valence-corrected chi connectivity index (χ0v) is 10.2. The number of carbonyl (C=O) groups is 1. The lowest BCUT2D eigenvalue weighted by Crippen LogP contribution is -2.24. The van der Waals surface area contributed by atoms with Gasteiger partial charge in [0, 0.05) is 29.4 Å². The molecule has 1 heterocycles. The molecule has 1 amide bonds. The van der Waals surface area contributed by atoms with Gasteiger partial charge in [0.05, 0.1) is 5.75 Å². The Hall–Kier alpha value is -1.76. The van der Waals surface area contributed by atoms with Crippen molar-refractivity contribution in [3.05, 3.63) is 24.0 Å². The van der Waals surface area contributed by atoms with Gasteiger partial charge in [-0.25, -0.2) is 0 Å². The van der Waals surface area contributed by atoms with Crippen LogP contribution >= 0.6 is 11.8 Å². The molecular formula is C10H14N4O2S. The number of hydrogen-bond acceptors (Lipinski definition) is 5. The Morgan fingerprint density at radius 3 is 3.12 bits per heavy atom. The minimum absolute atomic E-state index is 0.00537. The predicted molar refractivity (Wildman–Crippen MR) is 66.2 cm³/mol. The molecule has 4 N–H and O–H groups in total. The van der Waals surface area contributed by atoms with Gasteiger partial charge in [-0.05, 0) is 13.0 Å². The minimum Gasteiger partial charge on any atom is -0.409 e. The quantitative estimate of drug-likeness (QED) is 0.232. The van der Waals surface area contributed by atoms with E-state index in [-0.39, 0.29) is 17.5 Å². The summed E-state index contributed by atoms with van der Waals surface area (Å²) < 4.78 is 0. The van der Waals surface area contributed by atoms with Crippen LogP contribution in [0, 0.1) is 0 Å². The van der Waals surface area contributed by atoms with E-state index in [1.807, 2.05) is 6.92 Å². The fourth-order valence-electron chi connectivity index (χ4n) is 1.15. The van der Waals surface area contributed by atoms with E-state index < -0.39 is 0 Å². The first-order valence-electron chi connectivity index (χ1n) is 5.00. The van der Waals surface area contributed by atoms with Crippen molar-refractivity contribution in [3.63, 3.8) is 0 Å². The van der Waals surface area contributed by atoms with Gasteiger partial charge in [-0.15, -0.1) is 11.8 Å². The van der Waals surface area contributed by atoms with E-state index >= 15 is 0 Å². The van der Waals surface area contributed by atoms with Crippen molar-refractivity contribution in [1.82, 2.24) is 10.3 Å². The topological polar surface area (TPSA) is 101 Å². The molecule has 0 unspecified atom stereocenters. The first-order valence-corrected chi connectivity index (χ1v) is 5.99. The van der Waals surface area contributed by atoms with Crippen LogP contribution in [-0.2, 0) is 4.79 Å². The Morgan fingerprint density at radius 1 is 1.71 bits per heavy atom. The lowest BCUT2D eigenvalue weighted by Gasteiger charge is -2.06. The number of rotatable bonds is 5. The standard InChI is InChI=1S/C10H14N4O2S/c1-2-13-9(15)6-17-8-5-12-4-3-7(8)10(11)14-16/h3-5,16H,2,6H2,1H3,(H2,11,14)(H,13,15). The molecule has 0 aliphatic rings. The first kappa shape index (κ1) is 13.3. The molecule has 7 heteroatoms. The molecule has 0 aliphatic heterocycles. The van der Waals surface area contributed by atoms with E-state index in [4.69, 9.17) is 10.9 Å². The largest absolute Gasteiger partial charge is 0.409 e. The number of nitrogens with one attached hydrogen (secondary N) is 1. The normalized spacial score (nSPS) is 11.2. The number of carbonyl (C=O) groups excluding carboxylic acids is 1. The predicted octanol–water partition coefficient (Wildman–Crippen LogP) is 0.404. The molecule has 0 aliphatic carbocycles. The second kappa shape index (κ2) is 6.74. The van der Waals surface area contributed by atoms with Gasteiger partial charge in [0.1, 0.15) is 0 Å². The Labute approximate surface area is 103 Å². The lowest BCUT2D eigenvalue weighted by atomic mass is 10.2. The fourth-order valence-corrected chi connectivity index (χ4v) is 2.00. The molecule has 0 saturated carbocycles. The van der Waals surface area contributed by atoms with Gasteiger partial charge in [-0.3, -0.25) is 9.78 Å². The van der Waals surface area contributed by atoms with Crippen molar-refractivity contribution in [2.75, 3.05) is 12.3 Å². The van der Waals surface area contributed by atoms with Gasteiger partial charge >= 0.3 is 0 Å². The number of oxime groups is 1. The van der Waals surface area contributed by atoms with Crippen LogP contribution in [0.25, 0.3) is 0 Å². The third kappa shape index (κ3) is 3.95. The summed E-state index contributed by atoms with van der Waals surface area (Å²) in [5.41, 5.74) is 6.08. The minimum atomic E-state index is -0.0631. The molecule has 1 rings (SSSR count). The fraction of sp³-hybridized carbons (Fsp3) is 0.300. The molecule has 1 aromatic heterocycles. The molecule has 92 valence electrons. The third-order valence-corrected chi connectivity index (χ3v) is 2.94. The second-order valence-electron chi connectivity index (χ2n) is 3.10. The number of hydrogen-bond donors (Lipinski definition) is 3. The summed E-state index contributed by atoms with van der Waals surface area (Å²) in [5.74, 6) is 0.211. The number of aromatic nitrogens is 1. The number of nitrogens with two attached hydrogens (primary N) is 1. The van der Waals surface area contributed by atoms with Crippen molar-refractivity contribution in [3.8, 4) is 0 Å². The Balaban J connectivity index is 2.74. The van der Waals surface area contributed by atoms with Gasteiger partial charge in [-0.1, -0.05) is 5.16 Å². The molecular weight excluding hydrogens is 240 g/mol. The van der Waals surface area contributed by atoms with Gasteiger partial charge in [0.15, 0.2) is 5.84 Å². The van der Waals surface area contributed by atoms with E-state index in [0.29, 0.717) is 17.0 Å². The summed E-state index contributed by atoms with van der Waals surface area (Å²) in [6.07, 6.45) is 3.13. The van der Waals surface area contributed by atoms with Crippen LogP contribution in [0.3, 0.4) is 0 Å². The molecule has 1 aromatic rings. The number of amidine groups is 1. The maximum atomic E-state index is 11.3. The number of thioether (sulfide) groups is 1. The highest BCUT2D eigenvalue weighted by atomic mass is 32.2. The maximum Gasteiger partial charge on any atom is 0.230 e. The monoisotopic (exact) mass is 254 g/mol. The van der Waals surface area contributed by atoms with Gasteiger partial charge < -0.3 is 16.3 Å². The van der Waals surface area contributed by atoms with Crippen molar-refractivity contribution >= 4 is 23.5 Å². The molecule has 0 aromatic carbocycles. The zero-order chi connectivity index (χ0) is 12.7. The van der Waals surface area contributed by atoms with E-state index in [0.717, 1.165) is 0 Å². The van der Waals surface area contributed by atoms with Crippen LogP contribution in [0.1, 0.15) is 12.5 Å². The second-order valence-corrected chi connectivity index (χ2v) is 4.12. The van der Waals surface area contributed by atoms with Crippen LogP contribution in [-0.4, -0.2) is 34.2 Å². The number of nitrogens with zero attached hydrogens (tertiary/aromatic N) is 2. The molecule has 6 nitrogen and oxygen atoms in total. The van der Waals surface area contributed by atoms with Gasteiger partial charge in [0.2, 0.25) is 5.91 Å². The van der Waals surface area contributed by atoms with Crippen LogP contribution in [0.4, 0.5) is 0 Å². The van der Waals surface area contributed by atoms with Crippen LogP contribution < -0.4 is 11.1 Å². The Morgan fingerprint density at radius 2 is 2.47 bits per heavy atom. The first-order chi connectivity index (χ1) is 8.19. The molecule has 0 radical (unpaired) electrons. The SMILES string of the molecule is CCNC(=O)CSc1cnccc1/C(N)=N/O. The van der Waals surface area contributed by atoms with Gasteiger partial charge in [0.25, 0.3) is 0 Å². The highest BCUT2D eigenvalue weighted by molar-refractivity contribution is 8.00. The van der Waals surface area contributed by atoms with E-state index in [2.05, 4.69) is 15.5 Å². The Bertz CT molecular complexity index is 423. The van der Waals surface area contributed by atoms with E-state index in [1.54, 1.807) is 18.5 Å². The summed E-state index contributed by atoms with van der Waals surface area (Å²) >= 11 is 1.29. The van der Waals surface area contributed by atoms with Crippen molar-refractivity contribution < 1.29 is 10.0 Å². The molecule has 0 spiro atoms. The number of pyridine rings is 1. The lowest BCUT2D eigenvalue weighted by molar-refractivity contribution is -0.118. The van der Waals surface area contributed by atoms with Crippen LogP contribution in [0.15, 0.2) is 28.5 Å². The summed E-state index contributed by atoms with van der Waals surface area (Å²) in [6.45, 7) is 2.45. The molecule has 0 saturated heterocycles. The summed E-state index contributed by atoms with van der Waals surface area (Å²) in [6, 6.07) is 1.63. The van der Waals surface area contributed by atoms with E-state index in [9.17, 15) is 4.79 Å². The smallest absolute Gasteiger partial charge is 0.230 e. The molecule has 0 atom stereocenters. The van der Waals surface area contributed by atoms with Crippen molar-refractivity contribution in [1.29, 1.82) is 0 Å². The van der Waals surface area contributed by atoms with Crippen LogP contribution in [0.2, 0.25) is 0 Å². The zero-order valence-electron chi connectivity index (χ0n) is 9.38. The summed E-state index contributed by atoms with van der Waals surface area (Å²) in [7, 11) is 0. The van der Waals surface area contributed by atoms with Crippen molar-refractivity contribution in [2.45, 2.75) is 11.8 Å². The highest BCUT2D eigenvalue weighted by Gasteiger charge is 2.09. The number of amides is 1. The third-order valence-electron chi connectivity index (χ3n) is 1.90. The Kier molecular flexibility index (Phi) is 5.28. The highest BCUT2D eigenvalue weighted by Crippen LogP contribution is 2.21. The summed E-state index contributed by atoms with van der Waals surface area (Å²) in [4.78, 5) is 15.9. The van der Waals surface area contributed by atoms with Gasteiger partial charge in [-0.2, -0.15) is 0 Å². The molecule has 0 fully saturated rings. The van der Waals surface area contributed by atoms with Crippen LogP contribution in [0.5, 0.6) is 0 Å². The average molecular weight is 254 g/mol. The molecule has 17 heavy (non-hydrogen) atoms. The summed E-state index contributed by atoms with van der Waals surface area (Å²) in [5, 5.41) is 14.3. The maximum absolute atomic E-state index is 11.3. The average Bonchev–Trinajstić information content (AvgIpc) is 2.36. The van der Waals surface area contributed by atoms with E-state index in [1.165, 1.54) is 11.8 Å².